The summed E-state index contributed by atoms with van der Waals surface area (Å²) < 4.78 is 26.2. The SMILES string of the molecule is OC[C@H]1O[C@@H](O[C@@H]2[C@@H](O)[C@@H](OC[C@H]3OC(O)[C@H](O)[C@@H](O)[C@@H]3O)O[C@H](CO)[C@H]2O)[C@H](O)[C@@H](O)[C@@H]1O. The predicted molar refractivity (Wildman–Crippen MR) is 101 cm³/mol. The van der Waals surface area contributed by atoms with Gasteiger partial charge in [0.2, 0.25) is 0 Å². The summed E-state index contributed by atoms with van der Waals surface area (Å²) >= 11 is 0. The lowest BCUT2D eigenvalue weighted by atomic mass is 9.97. The number of rotatable bonds is 7. The second-order valence-electron chi connectivity index (χ2n) is 8.37. The molecule has 0 saturated carbocycles. The molecule has 1 unspecified atom stereocenters. The van der Waals surface area contributed by atoms with E-state index < -0.39 is 112 Å². The highest BCUT2D eigenvalue weighted by Gasteiger charge is 2.51. The van der Waals surface area contributed by atoms with E-state index in [-0.39, 0.29) is 0 Å². The van der Waals surface area contributed by atoms with Crippen molar-refractivity contribution in [1.82, 2.24) is 0 Å². The van der Waals surface area contributed by atoms with Crippen molar-refractivity contribution in [1.29, 1.82) is 0 Å². The van der Waals surface area contributed by atoms with E-state index in [4.69, 9.17) is 23.7 Å². The molecule has 0 aromatic carbocycles. The van der Waals surface area contributed by atoms with E-state index in [0.717, 1.165) is 0 Å². The number of aliphatic hydroxyl groups is 11. The Bertz CT molecular complexity index is 639. The van der Waals surface area contributed by atoms with Crippen molar-refractivity contribution in [3.05, 3.63) is 0 Å². The first-order valence-corrected chi connectivity index (χ1v) is 10.6. The van der Waals surface area contributed by atoms with Crippen LogP contribution in [0.3, 0.4) is 0 Å². The van der Waals surface area contributed by atoms with Gasteiger partial charge >= 0.3 is 0 Å². The summed E-state index contributed by atoms with van der Waals surface area (Å²) in [5.41, 5.74) is 0. The second-order valence-corrected chi connectivity index (χ2v) is 8.37. The summed E-state index contributed by atoms with van der Waals surface area (Å²) in [6.45, 7) is -2.11. The van der Waals surface area contributed by atoms with Gasteiger partial charge in [-0.2, -0.15) is 0 Å². The van der Waals surface area contributed by atoms with E-state index in [1.807, 2.05) is 0 Å². The number of hydrogen-bond acceptors (Lipinski definition) is 16. The molecule has 0 bridgehead atoms. The Morgan fingerprint density at radius 1 is 0.500 bits per heavy atom. The third kappa shape index (κ3) is 5.52. The van der Waals surface area contributed by atoms with Gasteiger partial charge in [-0.25, -0.2) is 0 Å². The van der Waals surface area contributed by atoms with Crippen molar-refractivity contribution in [3.8, 4) is 0 Å². The summed E-state index contributed by atoms with van der Waals surface area (Å²) in [6, 6.07) is 0. The molecule has 3 aliphatic heterocycles. The molecule has 34 heavy (non-hydrogen) atoms. The molecule has 3 aliphatic rings. The van der Waals surface area contributed by atoms with Crippen LogP contribution in [0, 0.1) is 0 Å². The van der Waals surface area contributed by atoms with E-state index in [9.17, 15) is 56.2 Å². The van der Waals surface area contributed by atoms with Crippen molar-refractivity contribution < 1.29 is 79.9 Å². The van der Waals surface area contributed by atoms with Crippen LogP contribution in [-0.2, 0) is 23.7 Å². The van der Waals surface area contributed by atoms with E-state index >= 15 is 0 Å². The van der Waals surface area contributed by atoms with Gasteiger partial charge in [0.25, 0.3) is 0 Å². The zero-order valence-electron chi connectivity index (χ0n) is 17.7. The zero-order chi connectivity index (χ0) is 25.3. The molecule has 11 N–H and O–H groups in total. The molecular weight excluding hydrogens is 472 g/mol. The number of aliphatic hydroxyl groups excluding tert-OH is 11. The number of ether oxygens (including phenoxy) is 5. The molecule has 0 aromatic heterocycles. The van der Waals surface area contributed by atoms with Gasteiger partial charge < -0.3 is 79.9 Å². The van der Waals surface area contributed by atoms with Gasteiger partial charge in [0, 0.05) is 0 Å². The summed E-state index contributed by atoms with van der Waals surface area (Å²) in [5.74, 6) is 0. The molecule has 16 heteroatoms. The Balaban J connectivity index is 1.68. The van der Waals surface area contributed by atoms with Crippen LogP contribution in [0.2, 0.25) is 0 Å². The fourth-order valence-electron chi connectivity index (χ4n) is 3.94. The van der Waals surface area contributed by atoms with Gasteiger partial charge in [0.15, 0.2) is 18.9 Å². The van der Waals surface area contributed by atoms with Gasteiger partial charge in [-0.05, 0) is 0 Å². The van der Waals surface area contributed by atoms with Gasteiger partial charge in [-0.1, -0.05) is 0 Å². The lowest BCUT2D eigenvalue weighted by molar-refractivity contribution is -0.364. The molecule has 3 fully saturated rings. The second kappa shape index (κ2) is 11.6. The van der Waals surface area contributed by atoms with Crippen LogP contribution in [0.25, 0.3) is 0 Å². The first kappa shape index (κ1) is 27.9. The Morgan fingerprint density at radius 3 is 1.65 bits per heavy atom. The van der Waals surface area contributed by atoms with Crippen LogP contribution in [0.4, 0.5) is 0 Å². The van der Waals surface area contributed by atoms with Crippen molar-refractivity contribution in [2.45, 2.75) is 92.1 Å². The van der Waals surface area contributed by atoms with Crippen molar-refractivity contribution in [2.24, 2.45) is 0 Å². The van der Waals surface area contributed by atoms with Gasteiger partial charge in [0.1, 0.15) is 73.2 Å². The van der Waals surface area contributed by atoms with Crippen LogP contribution in [0.1, 0.15) is 0 Å². The fourth-order valence-corrected chi connectivity index (χ4v) is 3.94. The van der Waals surface area contributed by atoms with Gasteiger partial charge in [-0.15, -0.1) is 0 Å². The molecule has 0 spiro atoms. The molecule has 0 aliphatic carbocycles. The highest BCUT2D eigenvalue weighted by atomic mass is 16.7. The first-order valence-electron chi connectivity index (χ1n) is 10.6. The average molecular weight is 504 g/mol. The Morgan fingerprint density at radius 2 is 1.03 bits per heavy atom. The molecule has 0 aromatic rings. The highest BCUT2D eigenvalue weighted by Crippen LogP contribution is 2.30. The lowest BCUT2D eigenvalue weighted by Gasteiger charge is -2.46. The van der Waals surface area contributed by atoms with Crippen molar-refractivity contribution in [2.75, 3.05) is 19.8 Å². The number of hydrogen-bond donors (Lipinski definition) is 11. The van der Waals surface area contributed by atoms with Crippen molar-refractivity contribution >= 4 is 0 Å². The van der Waals surface area contributed by atoms with Crippen LogP contribution in [0.15, 0.2) is 0 Å². The smallest absolute Gasteiger partial charge is 0.187 e. The third-order valence-electron chi connectivity index (χ3n) is 6.07. The Hall–Kier alpha value is -0.640. The zero-order valence-corrected chi connectivity index (χ0v) is 17.7. The Kier molecular flexibility index (Phi) is 9.54. The fraction of sp³-hybridized carbons (Fsp3) is 1.00. The molecule has 200 valence electrons. The molecule has 0 radical (unpaired) electrons. The molecule has 0 amide bonds. The molecule has 16 nitrogen and oxygen atoms in total. The molecular formula is C18H32O16. The van der Waals surface area contributed by atoms with E-state index in [2.05, 4.69) is 0 Å². The summed E-state index contributed by atoms with van der Waals surface area (Å²) in [4.78, 5) is 0. The van der Waals surface area contributed by atoms with Crippen LogP contribution < -0.4 is 0 Å². The van der Waals surface area contributed by atoms with Gasteiger partial charge in [-0.3, -0.25) is 0 Å². The molecule has 15 atom stereocenters. The maximum absolute atomic E-state index is 10.7. The largest absolute Gasteiger partial charge is 0.394 e. The minimum atomic E-state index is -1.84. The quantitative estimate of drug-likeness (QED) is 0.154. The van der Waals surface area contributed by atoms with E-state index in [0.29, 0.717) is 0 Å². The predicted octanol–water partition coefficient (Wildman–Crippen LogP) is -7.57. The summed E-state index contributed by atoms with van der Waals surface area (Å²) in [6.07, 6.45) is -24.9. The maximum atomic E-state index is 10.7. The van der Waals surface area contributed by atoms with Crippen LogP contribution >= 0.6 is 0 Å². The Labute approximate surface area is 192 Å². The highest BCUT2D eigenvalue weighted by molar-refractivity contribution is 4.94. The molecule has 3 saturated heterocycles. The standard InChI is InChI=1S/C18H32O16/c19-1-4-7(21)11(25)13(27)18(33-4)34-15-9(23)5(2-20)32-17(14(15)28)30-3-6-8(22)10(24)12(26)16(29)31-6/h4-29H,1-3H2/t4-,5-,6-,7-,8-,9-,10+,11+,12-,13-,14-,15+,16?,17+,18+/m1/s1. The van der Waals surface area contributed by atoms with E-state index in [1.54, 1.807) is 0 Å². The minimum Gasteiger partial charge on any atom is -0.394 e. The minimum absolute atomic E-state index is 0.593. The topological polar surface area (TPSA) is 269 Å². The third-order valence-corrected chi connectivity index (χ3v) is 6.07. The first-order chi connectivity index (χ1) is 16.0. The average Bonchev–Trinajstić information content (AvgIpc) is 2.82. The molecule has 3 heterocycles. The monoisotopic (exact) mass is 504 g/mol. The van der Waals surface area contributed by atoms with Crippen LogP contribution in [-0.4, -0.2) is 168 Å². The van der Waals surface area contributed by atoms with Crippen molar-refractivity contribution in [3.63, 3.8) is 0 Å². The van der Waals surface area contributed by atoms with E-state index in [1.165, 1.54) is 0 Å². The maximum Gasteiger partial charge on any atom is 0.187 e. The molecule has 3 rings (SSSR count). The van der Waals surface area contributed by atoms with Crippen LogP contribution in [0.5, 0.6) is 0 Å². The normalized spacial score (nSPS) is 52.5. The lowest BCUT2D eigenvalue weighted by Crippen LogP contribution is -2.65. The summed E-state index contributed by atoms with van der Waals surface area (Å²) in [7, 11) is 0. The van der Waals surface area contributed by atoms with Gasteiger partial charge in [0.05, 0.1) is 19.8 Å². The summed E-state index contributed by atoms with van der Waals surface area (Å²) in [5, 5.41) is 109.